The Hall–Kier alpha value is -3.99. The minimum atomic E-state index is -0.163. The molecule has 3 aromatic carbocycles. The Morgan fingerprint density at radius 3 is 2.44 bits per heavy atom. The lowest BCUT2D eigenvalue weighted by molar-refractivity contribution is -0.116. The maximum Gasteiger partial charge on any atom is 0.244 e. The molecule has 0 unspecified atom stereocenters. The van der Waals surface area contributed by atoms with Crippen molar-refractivity contribution in [2.75, 3.05) is 7.11 Å². The van der Waals surface area contributed by atoms with E-state index in [-0.39, 0.29) is 5.91 Å². The van der Waals surface area contributed by atoms with Crippen molar-refractivity contribution in [3.05, 3.63) is 101 Å². The van der Waals surface area contributed by atoms with E-state index in [0.29, 0.717) is 18.9 Å². The summed E-state index contributed by atoms with van der Waals surface area (Å²) < 4.78 is 17.2. The van der Waals surface area contributed by atoms with Gasteiger partial charge in [0.2, 0.25) is 5.91 Å². The molecule has 5 heteroatoms. The third-order valence-electron chi connectivity index (χ3n) is 5.91. The van der Waals surface area contributed by atoms with Crippen molar-refractivity contribution in [1.29, 1.82) is 0 Å². The number of amides is 1. The Bertz CT molecular complexity index is 1320. The van der Waals surface area contributed by atoms with Crippen LogP contribution in [0.25, 0.3) is 16.5 Å². The van der Waals surface area contributed by atoms with E-state index in [2.05, 4.69) is 5.32 Å². The lowest BCUT2D eigenvalue weighted by Crippen LogP contribution is -2.20. The van der Waals surface area contributed by atoms with Crippen molar-refractivity contribution in [2.45, 2.75) is 33.9 Å². The van der Waals surface area contributed by atoms with Crippen LogP contribution in [0.5, 0.6) is 11.5 Å². The van der Waals surface area contributed by atoms with Gasteiger partial charge >= 0.3 is 0 Å². The minimum absolute atomic E-state index is 0.163. The van der Waals surface area contributed by atoms with Gasteiger partial charge in [0, 0.05) is 29.6 Å². The van der Waals surface area contributed by atoms with Gasteiger partial charge in [-0.05, 0) is 61.2 Å². The van der Waals surface area contributed by atoms with Gasteiger partial charge in [-0.15, -0.1) is 0 Å². The van der Waals surface area contributed by atoms with Crippen LogP contribution < -0.4 is 14.8 Å². The molecule has 1 aromatic heterocycles. The lowest BCUT2D eigenvalue weighted by Gasteiger charge is -2.10. The molecule has 4 aromatic rings. The average Bonchev–Trinajstić information content (AvgIpc) is 3.14. The highest BCUT2D eigenvalue weighted by atomic mass is 16.5. The fraction of sp³-hybridized carbons (Fsp3) is 0.207. The van der Waals surface area contributed by atoms with Crippen LogP contribution in [0.3, 0.4) is 0 Å². The number of allylic oxidation sites excluding steroid dienone is 1. The normalized spacial score (nSPS) is 11.5. The average molecular weight is 456 g/mol. The Balaban J connectivity index is 1.38. The van der Waals surface area contributed by atoms with Gasteiger partial charge in [-0.25, -0.2) is 0 Å². The number of carbonyl (C=O) groups is 1. The van der Waals surface area contributed by atoms with Crippen molar-refractivity contribution in [2.24, 2.45) is 0 Å². The van der Waals surface area contributed by atoms with Gasteiger partial charge in [0.25, 0.3) is 0 Å². The van der Waals surface area contributed by atoms with Gasteiger partial charge in [-0.1, -0.05) is 42.5 Å². The summed E-state index contributed by atoms with van der Waals surface area (Å²) in [5.74, 6) is 2.19. The summed E-state index contributed by atoms with van der Waals surface area (Å²) in [4.78, 5) is 12.6. The second kappa shape index (κ2) is 10.3. The highest BCUT2D eigenvalue weighted by Gasteiger charge is 2.14. The Kier molecular flexibility index (Phi) is 7.02. The molecule has 0 atom stereocenters. The van der Waals surface area contributed by atoms with Gasteiger partial charge in [0.15, 0.2) is 0 Å². The molecule has 174 valence electrons. The third-order valence-corrected chi connectivity index (χ3v) is 5.91. The Morgan fingerprint density at radius 1 is 1.00 bits per heavy atom. The SMILES string of the molecule is COc1cc2oc(C)c(C)c2cc1/C(C)=C/C(=O)NCc1ccc(OCc2ccccc2)cc1. The molecule has 0 spiro atoms. The summed E-state index contributed by atoms with van der Waals surface area (Å²) >= 11 is 0. The minimum Gasteiger partial charge on any atom is -0.496 e. The van der Waals surface area contributed by atoms with Crippen LogP contribution in [0.1, 0.15) is 34.9 Å². The number of aryl methyl sites for hydroxylation is 2. The molecular weight excluding hydrogens is 426 g/mol. The van der Waals surface area contributed by atoms with Gasteiger partial charge in [0.1, 0.15) is 29.4 Å². The zero-order valence-corrected chi connectivity index (χ0v) is 20.0. The molecule has 0 aliphatic rings. The van der Waals surface area contributed by atoms with E-state index in [1.54, 1.807) is 13.2 Å². The Labute approximate surface area is 200 Å². The second-order valence-corrected chi connectivity index (χ2v) is 8.30. The van der Waals surface area contributed by atoms with E-state index in [0.717, 1.165) is 50.3 Å². The molecule has 0 aliphatic carbocycles. The number of hydrogen-bond donors (Lipinski definition) is 1. The number of fused-ring (bicyclic) bond motifs is 1. The van der Waals surface area contributed by atoms with Crippen molar-refractivity contribution in [3.63, 3.8) is 0 Å². The summed E-state index contributed by atoms with van der Waals surface area (Å²) in [5, 5.41) is 3.98. The first kappa shape index (κ1) is 23.2. The number of benzene rings is 3. The maximum absolute atomic E-state index is 12.6. The topological polar surface area (TPSA) is 60.7 Å². The molecule has 1 heterocycles. The van der Waals surface area contributed by atoms with Crippen LogP contribution >= 0.6 is 0 Å². The molecule has 1 amide bonds. The summed E-state index contributed by atoms with van der Waals surface area (Å²) in [6.45, 7) is 6.83. The number of hydrogen-bond acceptors (Lipinski definition) is 4. The van der Waals surface area contributed by atoms with Crippen molar-refractivity contribution < 1.29 is 18.7 Å². The number of rotatable bonds is 8. The quantitative estimate of drug-likeness (QED) is 0.314. The molecule has 1 N–H and O–H groups in total. The summed E-state index contributed by atoms with van der Waals surface area (Å²) in [6, 6.07) is 21.7. The largest absolute Gasteiger partial charge is 0.496 e. The van der Waals surface area contributed by atoms with Crippen LogP contribution in [0.2, 0.25) is 0 Å². The van der Waals surface area contributed by atoms with Gasteiger partial charge < -0.3 is 19.2 Å². The first-order valence-electron chi connectivity index (χ1n) is 11.2. The van der Waals surface area contributed by atoms with Gasteiger partial charge in [0.05, 0.1) is 7.11 Å². The van der Waals surface area contributed by atoms with Crippen LogP contribution in [-0.2, 0) is 17.9 Å². The molecule has 5 nitrogen and oxygen atoms in total. The number of methoxy groups -OCH3 is 1. The maximum atomic E-state index is 12.6. The first-order chi connectivity index (χ1) is 16.4. The molecule has 0 saturated carbocycles. The van der Waals surface area contributed by atoms with Crippen LogP contribution in [-0.4, -0.2) is 13.0 Å². The van der Waals surface area contributed by atoms with Crippen LogP contribution in [0, 0.1) is 13.8 Å². The van der Waals surface area contributed by atoms with Crippen molar-refractivity contribution in [3.8, 4) is 11.5 Å². The molecule has 0 saturated heterocycles. The highest BCUT2D eigenvalue weighted by molar-refractivity contribution is 5.97. The second-order valence-electron chi connectivity index (χ2n) is 8.30. The van der Waals surface area contributed by atoms with E-state index in [1.165, 1.54) is 0 Å². The molecule has 4 rings (SSSR count). The molecule has 0 bridgehead atoms. The fourth-order valence-corrected chi connectivity index (χ4v) is 3.81. The van der Waals surface area contributed by atoms with Crippen LogP contribution in [0.15, 0.2) is 77.2 Å². The standard InChI is InChI=1S/C29H29NO4/c1-19(25-15-26-20(2)21(3)34-28(26)16-27(25)32-4)14-29(31)30-17-22-10-12-24(13-11-22)33-18-23-8-6-5-7-9-23/h5-16H,17-18H2,1-4H3,(H,30,31)/b19-14+. The monoisotopic (exact) mass is 455 g/mol. The number of ether oxygens (including phenoxy) is 2. The van der Waals surface area contributed by atoms with E-state index in [4.69, 9.17) is 13.9 Å². The number of carbonyl (C=O) groups excluding carboxylic acids is 1. The predicted molar refractivity (Wildman–Crippen MR) is 135 cm³/mol. The van der Waals surface area contributed by atoms with Gasteiger partial charge in [-0.2, -0.15) is 0 Å². The molecule has 0 aliphatic heterocycles. The highest BCUT2D eigenvalue weighted by Crippen LogP contribution is 2.34. The summed E-state index contributed by atoms with van der Waals surface area (Å²) in [6.07, 6.45) is 1.60. The molecule has 0 radical (unpaired) electrons. The van der Waals surface area contributed by atoms with E-state index in [1.807, 2.05) is 87.5 Å². The molecule has 0 fully saturated rings. The summed E-state index contributed by atoms with van der Waals surface area (Å²) in [5.41, 5.74) is 5.68. The number of furan rings is 1. The molecular formula is C29H29NO4. The zero-order chi connectivity index (χ0) is 24.1. The molecule has 34 heavy (non-hydrogen) atoms. The van der Waals surface area contributed by atoms with Crippen molar-refractivity contribution >= 4 is 22.4 Å². The Morgan fingerprint density at radius 2 is 1.74 bits per heavy atom. The van der Waals surface area contributed by atoms with E-state index >= 15 is 0 Å². The van der Waals surface area contributed by atoms with E-state index in [9.17, 15) is 4.79 Å². The fourth-order valence-electron chi connectivity index (χ4n) is 3.81. The zero-order valence-electron chi connectivity index (χ0n) is 20.0. The smallest absolute Gasteiger partial charge is 0.244 e. The van der Waals surface area contributed by atoms with Crippen molar-refractivity contribution in [1.82, 2.24) is 5.32 Å². The third kappa shape index (κ3) is 5.31. The van der Waals surface area contributed by atoms with E-state index < -0.39 is 0 Å². The number of nitrogens with one attached hydrogen (secondary N) is 1. The van der Waals surface area contributed by atoms with Crippen LogP contribution in [0.4, 0.5) is 0 Å². The lowest BCUT2D eigenvalue weighted by atomic mass is 10.0. The predicted octanol–water partition coefficient (Wildman–Crippen LogP) is 6.36. The van der Waals surface area contributed by atoms with Gasteiger partial charge in [-0.3, -0.25) is 4.79 Å². The first-order valence-corrected chi connectivity index (χ1v) is 11.2. The summed E-state index contributed by atoms with van der Waals surface area (Å²) in [7, 11) is 1.62.